The Balaban J connectivity index is 1.19. The van der Waals surface area contributed by atoms with Crippen molar-refractivity contribution >= 4 is 44.8 Å². The summed E-state index contributed by atoms with van der Waals surface area (Å²) in [6.45, 7) is 0. The van der Waals surface area contributed by atoms with Gasteiger partial charge in [0.15, 0.2) is 0 Å². The van der Waals surface area contributed by atoms with Crippen molar-refractivity contribution < 1.29 is 9.59 Å². The van der Waals surface area contributed by atoms with Gasteiger partial charge in [0.25, 0.3) is 0 Å². The average Bonchev–Trinajstić information content (AvgIpc) is 3.57. The second-order valence-corrected chi connectivity index (χ2v) is 11.8. The number of rotatable bonds is 8. The number of aromatic nitrogens is 4. The van der Waals surface area contributed by atoms with E-state index in [2.05, 4.69) is 43.2 Å². The van der Waals surface area contributed by atoms with Crippen LogP contribution < -0.4 is 10.6 Å². The van der Waals surface area contributed by atoms with E-state index in [4.69, 9.17) is 0 Å². The molecule has 2 aromatic heterocycles. The van der Waals surface area contributed by atoms with E-state index >= 15 is 0 Å². The van der Waals surface area contributed by atoms with Crippen LogP contribution in [0, 0.1) is 22.7 Å². The number of hydrogen-bond donors (Lipinski definition) is 2. The van der Waals surface area contributed by atoms with Gasteiger partial charge >= 0.3 is 0 Å². The Morgan fingerprint density at radius 2 is 1.17 bits per heavy atom. The van der Waals surface area contributed by atoms with Crippen molar-refractivity contribution in [1.29, 1.82) is 10.5 Å². The Hall–Kier alpha value is -4.52. The van der Waals surface area contributed by atoms with Gasteiger partial charge in [-0.3, -0.25) is 9.59 Å². The van der Waals surface area contributed by atoms with Gasteiger partial charge in [0.1, 0.15) is 10.0 Å². The summed E-state index contributed by atoms with van der Waals surface area (Å²) in [5, 5.41) is 44.0. The fourth-order valence-corrected chi connectivity index (χ4v) is 6.76. The van der Waals surface area contributed by atoms with Crippen LogP contribution >= 0.6 is 22.7 Å². The van der Waals surface area contributed by atoms with E-state index in [1.165, 1.54) is 22.7 Å². The molecule has 2 N–H and O–H groups in total. The number of amides is 2. The Kier molecular flexibility index (Phi) is 9.04. The third-order valence-corrected chi connectivity index (χ3v) is 8.98. The van der Waals surface area contributed by atoms with Gasteiger partial charge in [-0.2, -0.15) is 10.5 Å². The van der Waals surface area contributed by atoms with Crippen LogP contribution in [0.25, 0.3) is 0 Å². The normalized spacial score (nSPS) is 16.6. The predicted octanol–water partition coefficient (Wildman–Crippen LogP) is 5.33. The zero-order valence-corrected chi connectivity index (χ0v) is 23.7. The van der Waals surface area contributed by atoms with Crippen LogP contribution in [0.3, 0.4) is 0 Å². The molecule has 12 heteroatoms. The molecule has 0 spiro atoms. The van der Waals surface area contributed by atoms with Gasteiger partial charge in [-0.25, -0.2) is 0 Å². The van der Waals surface area contributed by atoms with Crippen molar-refractivity contribution in [2.45, 2.75) is 56.8 Å². The van der Waals surface area contributed by atoms with Gasteiger partial charge in [0.2, 0.25) is 22.1 Å². The lowest BCUT2D eigenvalue weighted by molar-refractivity contribution is -0.116. The van der Waals surface area contributed by atoms with Crippen LogP contribution in [0.4, 0.5) is 10.3 Å². The van der Waals surface area contributed by atoms with Crippen molar-refractivity contribution in [2.24, 2.45) is 0 Å². The van der Waals surface area contributed by atoms with E-state index in [-0.39, 0.29) is 36.5 Å². The number of carbonyl (C=O) groups is 2. The lowest BCUT2D eigenvalue weighted by Crippen LogP contribution is -2.14. The topological polar surface area (TPSA) is 157 Å². The SMILES string of the molecule is N#Cc1ccccc1CC(=O)Nc1nnc(C2CCCCC(c3nnc(NC(=O)Cc4ccccc4C#N)s3)C2)s1. The standard InChI is InChI=1S/C29H26N8O2S2/c30-16-22-11-5-1-7-18(22)14-24(38)32-28-36-34-26(40-28)20-9-3-4-10-21(13-20)27-35-37-29(41-27)33-25(39)15-19-8-2-6-12-23(19)17-31/h1-2,5-8,11-12,20-21H,3-4,9-10,13-15H2,(H,32,36,38)(H,33,37,39). The first-order chi connectivity index (χ1) is 20.0. The number of nitrogens with zero attached hydrogens (tertiary/aromatic N) is 6. The summed E-state index contributed by atoms with van der Waals surface area (Å²) in [6, 6.07) is 18.3. The van der Waals surface area contributed by atoms with Gasteiger partial charge in [-0.15, -0.1) is 20.4 Å². The van der Waals surface area contributed by atoms with E-state index in [1.54, 1.807) is 48.5 Å². The highest BCUT2D eigenvalue weighted by Crippen LogP contribution is 2.42. The summed E-state index contributed by atoms with van der Waals surface area (Å²) in [4.78, 5) is 25.2. The molecule has 0 bridgehead atoms. The Labute approximate surface area is 245 Å². The number of carbonyl (C=O) groups excluding carboxylic acids is 2. The molecular weight excluding hydrogens is 557 g/mol. The molecular formula is C29H26N8O2S2. The van der Waals surface area contributed by atoms with Gasteiger partial charge < -0.3 is 10.6 Å². The molecule has 10 nitrogen and oxygen atoms in total. The summed E-state index contributed by atoms with van der Waals surface area (Å²) in [7, 11) is 0. The number of benzene rings is 2. The number of nitriles is 2. The molecule has 4 aromatic rings. The Morgan fingerprint density at radius 3 is 1.61 bits per heavy atom. The van der Waals surface area contributed by atoms with E-state index in [1.807, 2.05) is 0 Å². The van der Waals surface area contributed by atoms with Gasteiger partial charge in [0.05, 0.1) is 36.1 Å². The molecule has 1 fully saturated rings. The molecule has 1 saturated carbocycles. The summed E-state index contributed by atoms with van der Waals surface area (Å²) in [6.07, 6.45) is 5.04. The summed E-state index contributed by atoms with van der Waals surface area (Å²) >= 11 is 2.76. The highest BCUT2D eigenvalue weighted by Gasteiger charge is 2.28. The van der Waals surface area contributed by atoms with Crippen molar-refractivity contribution in [1.82, 2.24) is 20.4 Å². The maximum absolute atomic E-state index is 12.6. The van der Waals surface area contributed by atoms with Crippen molar-refractivity contribution in [3.63, 3.8) is 0 Å². The maximum atomic E-state index is 12.6. The van der Waals surface area contributed by atoms with E-state index < -0.39 is 0 Å². The smallest absolute Gasteiger partial charge is 0.230 e. The fraction of sp³-hybridized carbons (Fsp3) is 0.310. The summed E-state index contributed by atoms with van der Waals surface area (Å²) < 4.78 is 0. The molecule has 0 radical (unpaired) electrons. The highest BCUT2D eigenvalue weighted by molar-refractivity contribution is 7.15. The first kappa shape index (κ1) is 28.0. The number of anilines is 2. The van der Waals surface area contributed by atoms with Gasteiger partial charge in [-0.1, -0.05) is 71.9 Å². The molecule has 0 saturated heterocycles. The van der Waals surface area contributed by atoms with Crippen molar-refractivity contribution in [3.8, 4) is 12.1 Å². The zero-order chi connectivity index (χ0) is 28.6. The first-order valence-corrected chi connectivity index (χ1v) is 14.9. The third kappa shape index (κ3) is 7.17. The summed E-state index contributed by atoms with van der Waals surface area (Å²) in [5.74, 6) is -0.133. The number of hydrogen-bond acceptors (Lipinski definition) is 10. The molecule has 2 heterocycles. The van der Waals surface area contributed by atoms with Crippen LogP contribution in [0.2, 0.25) is 0 Å². The largest absolute Gasteiger partial charge is 0.300 e. The predicted molar refractivity (Wildman–Crippen MR) is 155 cm³/mol. The lowest BCUT2D eigenvalue weighted by atomic mass is 9.94. The van der Waals surface area contributed by atoms with E-state index in [0.29, 0.717) is 32.5 Å². The monoisotopic (exact) mass is 582 g/mol. The highest BCUT2D eigenvalue weighted by atomic mass is 32.1. The lowest BCUT2D eigenvalue weighted by Gasteiger charge is -2.15. The van der Waals surface area contributed by atoms with Crippen molar-refractivity contribution in [2.75, 3.05) is 10.6 Å². The van der Waals surface area contributed by atoms with E-state index in [0.717, 1.165) is 42.1 Å². The molecule has 2 unspecified atom stereocenters. The summed E-state index contributed by atoms with van der Waals surface area (Å²) in [5.41, 5.74) is 2.30. The molecule has 2 aromatic carbocycles. The Morgan fingerprint density at radius 1 is 0.732 bits per heavy atom. The molecule has 2 atom stereocenters. The number of nitrogens with one attached hydrogen (secondary N) is 2. The van der Waals surface area contributed by atoms with Crippen LogP contribution in [-0.4, -0.2) is 32.2 Å². The minimum atomic E-state index is -0.242. The maximum Gasteiger partial charge on any atom is 0.230 e. The fourth-order valence-electron chi connectivity index (χ4n) is 4.95. The second-order valence-electron chi connectivity index (χ2n) is 9.79. The molecule has 1 aliphatic rings. The quantitative estimate of drug-likeness (QED) is 0.264. The van der Waals surface area contributed by atoms with Crippen LogP contribution in [0.1, 0.15) is 76.2 Å². The minimum absolute atomic E-state index is 0.0882. The zero-order valence-electron chi connectivity index (χ0n) is 22.0. The Bertz CT molecular complexity index is 1510. The van der Waals surface area contributed by atoms with Crippen LogP contribution in [0.5, 0.6) is 0 Å². The first-order valence-electron chi connectivity index (χ1n) is 13.2. The third-order valence-electron chi connectivity index (χ3n) is 6.97. The molecule has 0 aliphatic heterocycles. The molecule has 206 valence electrons. The molecule has 2 amide bonds. The van der Waals surface area contributed by atoms with Crippen LogP contribution in [0.15, 0.2) is 48.5 Å². The van der Waals surface area contributed by atoms with Gasteiger partial charge in [0, 0.05) is 11.8 Å². The molecule has 41 heavy (non-hydrogen) atoms. The van der Waals surface area contributed by atoms with E-state index in [9.17, 15) is 20.1 Å². The minimum Gasteiger partial charge on any atom is -0.300 e. The van der Waals surface area contributed by atoms with Gasteiger partial charge in [-0.05, 0) is 42.5 Å². The van der Waals surface area contributed by atoms with Crippen molar-refractivity contribution in [3.05, 3.63) is 80.8 Å². The average molecular weight is 583 g/mol. The molecule has 5 rings (SSSR count). The molecule has 1 aliphatic carbocycles. The second kappa shape index (κ2) is 13.2. The van der Waals surface area contributed by atoms with Crippen LogP contribution in [-0.2, 0) is 22.4 Å².